The van der Waals surface area contributed by atoms with Crippen LogP contribution in [0.2, 0.25) is 0 Å². The van der Waals surface area contributed by atoms with Crippen molar-refractivity contribution in [2.75, 3.05) is 18.1 Å². The van der Waals surface area contributed by atoms with Gasteiger partial charge in [0.15, 0.2) is 5.17 Å². The Morgan fingerprint density at radius 1 is 1.21 bits per heavy atom. The number of benzene rings is 1. The van der Waals surface area contributed by atoms with Crippen LogP contribution in [-0.2, 0) is 4.79 Å². The van der Waals surface area contributed by atoms with Gasteiger partial charge in [-0.05, 0) is 37.1 Å². The van der Waals surface area contributed by atoms with E-state index in [0.717, 1.165) is 21.1 Å². The van der Waals surface area contributed by atoms with Crippen LogP contribution in [0.5, 0.6) is 0 Å². The van der Waals surface area contributed by atoms with Gasteiger partial charge in [0.2, 0.25) is 5.91 Å². The Labute approximate surface area is 156 Å². The fraction of sp³-hybridized carbons (Fsp3) is 0.556. The quantitative estimate of drug-likeness (QED) is 0.746. The molecule has 0 spiro atoms. The summed E-state index contributed by atoms with van der Waals surface area (Å²) < 4.78 is 1.01. The summed E-state index contributed by atoms with van der Waals surface area (Å²) in [6.07, 6.45) is 7.61. The summed E-state index contributed by atoms with van der Waals surface area (Å²) in [5.74, 6) is 0.808. The number of aliphatic imine (C=N–C) groups is 1. The summed E-state index contributed by atoms with van der Waals surface area (Å²) in [5.41, 5.74) is 0.829. The normalized spacial score (nSPS) is 24.2. The van der Waals surface area contributed by atoms with Gasteiger partial charge in [-0.2, -0.15) is 0 Å². The van der Waals surface area contributed by atoms with E-state index in [1.54, 1.807) is 11.8 Å². The third-order valence-corrected chi connectivity index (χ3v) is 6.33. The summed E-state index contributed by atoms with van der Waals surface area (Å²) in [4.78, 5) is 19.6. The number of anilines is 1. The van der Waals surface area contributed by atoms with Crippen molar-refractivity contribution in [2.45, 2.75) is 50.6 Å². The molecule has 1 saturated heterocycles. The molecule has 0 bridgehead atoms. The molecule has 0 aromatic heterocycles. The number of halogens is 1. The molecular formula is C18H24BrN3OS. The van der Waals surface area contributed by atoms with Crippen molar-refractivity contribution < 1.29 is 4.79 Å². The van der Waals surface area contributed by atoms with Gasteiger partial charge in [-0.3, -0.25) is 9.79 Å². The highest BCUT2D eigenvalue weighted by Crippen LogP contribution is 2.27. The first-order valence-electron chi connectivity index (χ1n) is 8.63. The van der Waals surface area contributed by atoms with Crippen LogP contribution in [-0.4, -0.2) is 40.9 Å². The van der Waals surface area contributed by atoms with Crippen LogP contribution in [0.1, 0.15) is 38.5 Å². The first-order chi connectivity index (χ1) is 11.6. The molecule has 2 fully saturated rings. The van der Waals surface area contributed by atoms with E-state index in [0.29, 0.717) is 6.04 Å². The number of thioether (sulfide) groups is 1. The van der Waals surface area contributed by atoms with Gasteiger partial charge in [-0.15, -0.1) is 0 Å². The van der Waals surface area contributed by atoms with Gasteiger partial charge in [0.25, 0.3) is 0 Å². The van der Waals surface area contributed by atoms with E-state index >= 15 is 0 Å². The lowest BCUT2D eigenvalue weighted by Crippen LogP contribution is -2.40. The number of hydrogen-bond acceptors (Lipinski definition) is 3. The summed E-state index contributed by atoms with van der Waals surface area (Å²) >= 11 is 5.12. The zero-order chi connectivity index (χ0) is 16.9. The van der Waals surface area contributed by atoms with Crippen LogP contribution in [0.3, 0.4) is 0 Å². The largest absolute Gasteiger partial charge is 0.342 e. The van der Waals surface area contributed by atoms with Crippen molar-refractivity contribution in [1.29, 1.82) is 0 Å². The van der Waals surface area contributed by atoms with Crippen LogP contribution in [0.4, 0.5) is 5.69 Å². The number of amidine groups is 1. The third kappa shape index (κ3) is 4.54. The Morgan fingerprint density at radius 3 is 2.54 bits per heavy atom. The second-order valence-electron chi connectivity index (χ2n) is 6.49. The number of nitrogens with one attached hydrogen (secondary N) is 1. The molecule has 1 amide bonds. The Morgan fingerprint density at radius 2 is 1.88 bits per heavy atom. The lowest BCUT2D eigenvalue weighted by atomic mass is 10.1. The van der Waals surface area contributed by atoms with E-state index in [-0.39, 0.29) is 11.9 Å². The van der Waals surface area contributed by atoms with E-state index in [1.165, 1.54) is 38.5 Å². The SMILES string of the molecule is CN1C(=NC2CCCCCC2)SCC1C(=O)Nc1ccc(Br)cc1. The van der Waals surface area contributed by atoms with E-state index in [9.17, 15) is 4.79 Å². The van der Waals surface area contributed by atoms with Crippen molar-refractivity contribution in [1.82, 2.24) is 4.90 Å². The second-order valence-corrected chi connectivity index (χ2v) is 8.39. The predicted octanol–water partition coefficient (Wildman–Crippen LogP) is 4.51. The number of carbonyl (C=O) groups excluding carboxylic acids is 1. The van der Waals surface area contributed by atoms with Crippen molar-refractivity contribution in [3.8, 4) is 0 Å². The summed E-state index contributed by atoms with van der Waals surface area (Å²) in [6.45, 7) is 0. The molecule has 130 valence electrons. The molecule has 2 aliphatic rings. The molecule has 1 unspecified atom stereocenters. The Hall–Kier alpha value is -1.01. The van der Waals surface area contributed by atoms with Gasteiger partial charge in [0.05, 0.1) is 6.04 Å². The molecule has 1 aromatic carbocycles. The standard InChI is InChI=1S/C18H24BrN3OS/c1-22-16(17(23)20-15-10-8-13(19)9-11-15)12-24-18(22)21-14-6-4-2-3-5-7-14/h8-11,14,16H,2-7,12H2,1H3,(H,20,23). The lowest BCUT2D eigenvalue weighted by molar-refractivity contribution is -0.118. The van der Waals surface area contributed by atoms with Crippen molar-refractivity contribution in [3.05, 3.63) is 28.7 Å². The maximum absolute atomic E-state index is 12.6. The first-order valence-corrected chi connectivity index (χ1v) is 10.4. The molecule has 6 heteroatoms. The summed E-state index contributed by atoms with van der Waals surface area (Å²) in [5, 5.41) is 4.03. The van der Waals surface area contributed by atoms with Crippen LogP contribution in [0, 0.1) is 0 Å². The molecule has 1 aliphatic heterocycles. The molecule has 4 nitrogen and oxygen atoms in total. The molecule has 1 aromatic rings. The number of hydrogen-bond donors (Lipinski definition) is 1. The average molecular weight is 410 g/mol. The van der Waals surface area contributed by atoms with Gasteiger partial charge in [-0.25, -0.2) is 0 Å². The third-order valence-electron chi connectivity index (χ3n) is 4.67. The number of amides is 1. The molecule has 0 radical (unpaired) electrons. The molecule has 1 heterocycles. The zero-order valence-corrected chi connectivity index (χ0v) is 16.4. The number of carbonyl (C=O) groups is 1. The van der Waals surface area contributed by atoms with Gasteiger partial charge in [0, 0.05) is 23.0 Å². The molecule has 24 heavy (non-hydrogen) atoms. The van der Waals surface area contributed by atoms with Crippen molar-refractivity contribution >= 4 is 44.5 Å². The molecule has 1 saturated carbocycles. The lowest BCUT2D eigenvalue weighted by Gasteiger charge is -2.21. The molecule has 3 rings (SSSR count). The van der Waals surface area contributed by atoms with Crippen LogP contribution in [0.25, 0.3) is 0 Å². The molecule has 1 N–H and O–H groups in total. The fourth-order valence-electron chi connectivity index (χ4n) is 3.18. The van der Waals surface area contributed by atoms with E-state index in [4.69, 9.17) is 4.99 Å². The first kappa shape index (κ1) is 17.8. The molecule has 1 atom stereocenters. The predicted molar refractivity (Wildman–Crippen MR) is 106 cm³/mol. The molecular weight excluding hydrogens is 386 g/mol. The van der Waals surface area contributed by atoms with Gasteiger partial charge >= 0.3 is 0 Å². The van der Waals surface area contributed by atoms with Crippen LogP contribution < -0.4 is 5.32 Å². The monoisotopic (exact) mass is 409 g/mol. The van der Waals surface area contributed by atoms with Crippen molar-refractivity contribution in [3.63, 3.8) is 0 Å². The number of nitrogens with zero attached hydrogens (tertiary/aromatic N) is 2. The Balaban J connectivity index is 1.61. The van der Waals surface area contributed by atoms with E-state index in [1.807, 2.05) is 36.2 Å². The van der Waals surface area contributed by atoms with Crippen LogP contribution in [0.15, 0.2) is 33.7 Å². The zero-order valence-electron chi connectivity index (χ0n) is 14.0. The molecule has 1 aliphatic carbocycles. The number of rotatable bonds is 3. The smallest absolute Gasteiger partial charge is 0.248 e. The van der Waals surface area contributed by atoms with E-state index < -0.39 is 0 Å². The summed E-state index contributed by atoms with van der Waals surface area (Å²) in [6, 6.07) is 7.97. The highest BCUT2D eigenvalue weighted by molar-refractivity contribution is 9.10. The average Bonchev–Trinajstić information content (AvgIpc) is 2.77. The highest BCUT2D eigenvalue weighted by atomic mass is 79.9. The minimum absolute atomic E-state index is 0.0402. The number of likely N-dealkylation sites (N-methyl/N-ethyl adjacent to an activating group) is 1. The second kappa shape index (κ2) is 8.39. The fourth-order valence-corrected chi connectivity index (χ4v) is 4.68. The minimum atomic E-state index is -0.150. The van der Waals surface area contributed by atoms with Gasteiger partial charge < -0.3 is 10.2 Å². The highest BCUT2D eigenvalue weighted by Gasteiger charge is 2.33. The van der Waals surface area contributed by atoms with Gasteiger partial charge in [0.1, 0.15) is 6.04 Å². The Bertz CT molecular complexity index is 597. The topological polar surface area (TPSA) is 44.7 Å². The van der Waals surface area contributed by atoms with Crippen molar-refractivity contribution in [2.24, 2.45) is 4.99 Å². The van der Waals surface area contributed by atoms with Gasteiger partial charge in [-0.1, -0.05) is 53.4 Å². The van der Waals surface area contributed by atoms with Crippen LogP contribution >= 0.6 is 27.7 Å². The summed E-state index contributed by atoms with van der Waals surface area (Å²) in [7, 11) is 1.99. The maximum Gasteiger partial charge on any atom is 0.248 e. The van der Waals surface area contributed by atoms with E-state index in [2.05, 4.69) is 21.2 Å². The maximum atomic E-state index is 12.6. The minimum Gasteiger partial charge on any atom is -0.342 e. The Kier molecular flexibility index (Phi) is 6.22.